The number of hydrogen-bond donors (Lipinski definition) is 0. The van der Waals surface area contributed by atoms with E-state index in [0.29, 0.717) is 6.61 Å². The number of carbonyl (C=O) groups is 1. The van der Waals surface area contributed by atoms with Crippen LogP contribution in [0.3, 0.4) is 0 Å². The number of furan rings is 1. The van der Waals surface area contributed by atoms with Crippen LogP contribution < -0.4 is 0 Å². The quantitative estimate of drug-likeness (QED) is 0.573. The van der Waals surface area contributed by atoms with Crippen LogP contribution in [0.1, 0.15) is 16.1 Å². The molecule has 0 N–H and O–H groups in total. The first-order valence-electron chi connectivity index (χ1n) is 6.28. The third-order valence-electron chi connectivity index (χ3n) is 2.64. The van der Waals surface area contributed by atoms with Gasteiger partial charge in [0, 0.05) is 0 Å². The molecular weight excluding hydrogens is 256 g/mol. The van der Waals surface area contributed by atoms with Crippen molar-refractivity contribution in [1.82, 2.24) is 0 Å². The van der Waals surface area contributed by atoms with E-state index in [4.69, 9.17) is 13.9 Å². The second-order valence-electron chi connectivity index (χ2n) is 4.16. The van der Waals surface area contributed by atoms with Gasteiger partial charge in [-0.2, -0.15) is 0 Å². The Labute approximate surface area is 117 Å². The summed E-state index contributed by atoms with van der Waals surface area (Å²) in [5, 5.41) is 0. The molecule has 0 fully saturated rings. The van der Waals surface area contributed by atoms with E-state index in [0.717, 1.165) is 5.56 Å². The van der Waals surface area contributed by atoms with Crippen LogP contribution in [0.15, 0.2) is 65.8 Å². The van der Waals surface area contributed by atoms with Crippen LogP contribution in [0.5, 0.6) is 0 Å². The van der Waals surface area contributed by atoms with Crippen LogP contribution in [-0.4, -0.2) is 18.7 Å². The van der Waals surface area contributed by atoms with Gasteiger partial charge in [0.05, 0.1) is 19.5 Å². The summed E-state index contributed by atoms with van der Waals surface area (Å²) < 4.78 is 15.7. The third kappa shape index (κ3) is 4.10. The maximum atomic E-state index is 11.7. The van der Waals surface area contributed by atoms with E-state index in [2.05, 4.69) is 6.58 Å². The molecule has 1 unspecified atom stereocenters. The fourth-order valence-electron chi connectivity index (χ4n) is 1.61. The molecule has 20 heavy (non-hydrogen) atoms. The number of carbonyl (C=O) groups excluding carboxylic acids is 1. The standard InChI is InChI=1S/C16H16O4/c1-2-14(20-16(17)15-9-6-10-19-15)12-18-11-13-7-4-3-5-8-13/h2-10,14H,1,11-12H2. The van der Waals surface area contributed by atoms with Crippen LogP contribution in [0, 0.1) is 0 Å². The van der Waals surface area contributed by atoms with Crippen LogP contribution in [0.2, 0.25) is 0 Å². The number of esters is 1. The zero-order valence-corrected chi connectivity index (χ0v) is 11.0. The first kappa shape index (κ1) is 14.1. The fraction of sp³-hybridized carbons (Fsp3) is 0.188. The summed E-state index contributed by atoms with van der Waals surface area (Å²) in [6.45, 7) is 4.35. The van der Waals surface area contributed by atoms with Gasteiger partial charge in [-0.1, -0.05) is 36.9 Å². The Morgan fingerprint density at radius 1 is 1.25 bits per heavy atom. The van der Waals surface area contributed by atoms with Crippen molar-refractivity contribution in [3.05, 3.63) is 72.7 Å². The van der Waals surface area contributed by atoms with E-state index in [-0.39, 0.29) is 12.4 Å². The second-order valence-corrected chi connectivity index (χ2v) is 4.16. The summed E-state index contributed by atoms with van der Waals surface area (Å²) >= 11 is 0. The van der Waals surface area contributed by atoms with Gasteiger partial charge < -0.3 is 13.9 Å². The highest BCUT2D eigenvalue weighted by molar-refractivity contribution is 5.86. The van der Waals surface area contributed by atoms with E-state index in [1.807, 2.05) is 30.3 Å². The Kier molecular flexibility index (Phi) is 5.15. The minimum absolute atomic E-state index is 0.167. The lowest BCUT2D eigenvalue weighted by atomic mass is 10.2. The molecule has 1 heterocycles. The molecular formula is C16H16O4. The second kappa shape index (κ2) is 7.31. The van der Waals surface area contributed by atoms with Gasteiger partial charge in [-0.25, -0.2) is 4.79 Å². The lowest BCUT2D eigenvalue weighted by molar-refractivity contribution is 0.00498. The summed E-state index contributed by atoms with van der Waals surface area (Å²) in [4.78, 5) is 11.7. The predicted molar refractivity (Wildman–Crippen MR) is 74.2 cm³/mol. The minimum Gasteiger partial charge on any atom is -0.457 e. The number of rotatable bonds is 7. The number of benzene rings is 1. The van der Waals surface area contributed by atoms with Gasteiger partial charge in [-0.05, 0) is 23.8 Å². The molecule has 1 aromatic heterocycles. The molecule has 0 aliphatic heterocycles. The van der Waals surface area contributed by atoms with Crippen molar-refractivity contribution in [1.29, 1.82) is 0 Å². The van der Waals surface area contributed by atoms with Crippen LogP contribution >= 0.6 is 0 Å². The van der Waals surface area contributed by atoms with Crippen molar-refractivity contribution in [3.63, 3.8) is 0 Å². The van der Waals surface area contributed by atoms with Gasteiger partial charge in [-0.3, -0.25) is 0 Å². The van der Waals surface area contributed by atoms with Crippen molar-refractivity contribution in [3.8, 4) is 0 Å². The molecule has 4 heteroatoms. The van der Waals surface area contributed by atoms with Crippen molar-refractivity contribution in [2.75, 3.05) is 6.61 Å². The molecule has 1 atom stereocenters. The molecule has 0 bridgehead atoms. The Hall–Kier alpha value is -2.33. The molecule has 4 nitrogen and oxygen atoms in total. The highest BCUT2D eigenvalue weighted by Gasteiger charge is 2.15. The average Bonchev–Trinajstić information content (AvgIpc) is 3.01. The Balaban J connectivity index is 1.78. The molecule has 1 aromatic carbocycles. The minimum atomic E-state index is -0.525. The van der Waals surface area contributed by atoms with E-state index in [1.165, 1.54) is 12.3 Å². The summed E-state index contributed by atoms with van der Waals surface area (Å²) in [7, 11) is 0. The largest absolute Gasteiger partial charge is 0.457 e. The molecule has 0 saturated heterocycles. The van der Waals surface area contributed by atoms with Crippen molar-refractivity contribution < 1.29 is 18.7 Å². The molecule has 0 amide bonds. The maximum Gasteiger partial charge on any atom is 0.374 e. The van der Waals surface area contributed by atoms with Gasteiger partial charge in [0.1, 0.15) is 6.10 Å². The smallest absolute Gasteiger partial charge is 0.374 e. The predicted octanol–water partition coefficient (Wildman–Crippen LogP) is 3.21. The first-order valence-corrected chi connectivity index (χ1v) is 6.28. The van der Waals surface area contributed by atoms with Crippen molar-refractivity contribution in [2.24, 2.45) is 0 Å². The molecule has 104 valence electrons. The monoisotopic (exact) mass is 272 g/mol. The fourth-order valence-corrected chi connectivity index (χ4v) is 1.61. The SMILES string of the molecule is C=CC(COCc1ccccc1)OC(=O)c1ccco1. The summed E-state index contributed by atoms with van der Waals surface area (Å²) in [6, 6.07) is 13.0. The van der Waals surface area contributed by atoms with E-state index < -0.39 is 12.1 Å². The van der Waals surface area contributed by atoms with Gasteiger partial charge in [-0.15, -0.1) is 0 Å². The lowest BCUT2D eigenvalue weighted by Crippen LogP contribution is -2.21. The molecule has 2 rings (SSSR count). The molecule has 0 aliphatic carbocycles. The topological polar surface area (TPSA) is 48.7 Å². The highest BCUT2D eigenvalue weighted by atomic mass is 16.6. The Morgan fingerprint density at radius 2 is 2.05 bits per heavy atom. The molecule has 0 saturated carbocycles. The van der Waals surface area contributed by atoms with Crippen LogP contribution in [0.25, 0.3) is 0 Å². The van der Waals surface area contributed by atoms with Crippen LogP contribution in [-0.2, 0) is 16.1 Å². The Bertz CT molecular complexity index is 531. The summed E-state index contributed by atoms with van der Waals surface area (Å²) in [5.74, 6) is -0.358. The van der Waals surface area contributed by atoms with Gasteiger partial charge in [0.15, 0.2) is 0 Å². The molecule has 0 radical (unpaired) electrons. The van der Waals surface area contributed by atoms with Gasteiger partial charge in [0.2, 0.25) is 5.76 Å². The van der Waals surface area contributed by atoms with E-state index in [1.54, 1.807) is 12.1 Å². The first-order chi connectivity index (χ1) is 9.79. The van der Waals surface area contributed by atoms with Crippen LogP contribution in [0.4, 0.5) is 0 Å². The molecule has 0 aliphatic rings. The summed E-state index contributed by atoms with van der Waals surface area (Å²) in [5.41, 5.74) is 1.06. The average molecular weight is 272 g/mol. The molecule has 2 aromatic rings. The zero-order chi connectivity index (χ0) is 14.2. The van der Waals surface area contributed by atoms with E-state index >= 15 is 0 Å². The van der Waals surface area contributed by atoms with Gasteiger partial charge in [0.25, 0.3) is 0 Å². The lowest BCUT2D eigenvalue weighted by Gasteiger charge is -2.13. The highest BCUT2D eigenvalue weighted by Crippen LogP contribution is 2.07. The summed E-state index contributed by atoms with van der Waals surface area (Å²) in [6.07, 6.45) is 2.45. The third-order valence-corrected chi connectivity index (χ3v) is 2.64. The zero-order valence-electron chi connectivity index (χ0n) is 11.0. The van der Waals surface area contributed by atoms with Gasteiger partial charge >= 0.3 is 5.97 Å². The van der Waals surface area contributed by atoms with Crippen molar-refractivity contribution in [2.45, 2.75) is 12.7 Å². The Morgan fingerprint density at radius 3 is 2.70 bits per heavy atom. The number of hydrogen-bond acceptors (Lipinski definition) is 4. The number of ether oxygens (including phenoxy) is 2. The van der Waals surface area contributed by atoms with Crippen molar-refractivity contribution >= 4 is 5.97 Å². The normalized spacial score (nSPS) is 11.8. The molecule has 0 spiro atoms. The maximum absolute atomic E-state index is 11.7. The van der Waals surface area contributed by atoms with E-state index in [9.17, 15) is 4.79 Å².